The molecule has 0 spiro atoms. The standard InChI is InChI=1S/C17H24N2O4/c1-16(2,3)18-13(20)10-8-7-9-11(15(22)23)12(10)14(21)19-17(4,5)6/h7-9H,1-6H3,(H,18,20)(H,19,21)(H,22,23). The Labute approximate surface area is 136 Å². The highest BCUT2D eigenvalue weighted by Gasteiger charge is 2.27. The summed E-state index contributed by atoms with van der Waals surface area (Å²) in [7, 11) is 0. The molecular formula is C17H24N2O4. The zero-order valence-electron chi connectivity index (χ0n) is 14.4. The molecule has 0 saturated heterocycles. The number of amides is 2. The normalized spacial score (nSPS) is 11.7. The van der Waals surface area contributed by atoms with E-state index in [1.54, 1.807) is 41.5 Å². The molecule has 0 saturated carbocycles. The van der Waals surface area contributed by atoms with E-state index in [0.717, 1.165) is 0 Å². The number of rotatable bonds is 3. The number of carbonyl (C=O) groups excluding carboxylic acids is 2. The molecule has 1 rings (SSSR count). The lowest BCUT2D eigenvalue weighted by molar-refractivity contribution is 0.0689. The Hall–Kier alpha value is -2.37. The van der Waals surface area contributed by atoms with Gasteiger partial charge in [0.2, 0.25) is 0 Å². The summed E-state index contributed by atoms with van der Waals surface area (Å²) in [5.74, 6) is -2.33. The van der Waals surface area contributed by atoms with Gasteiger partial charge in [0, 0.05) is 11.1 Å². The molecule has 126 valence electrons. The van der Waals surface area contributed by atoms with Crippen LogP contribution < -0.4 is 10.6 Å². The highest BCUT2D eigenvalue weighted by molar-refractivity contribution is 6.13. The number of aromatic carboxylic acids is 1. The number of hydrogen-bond acceptors (Lipinski definition) is 3. The molecule has 1 aromatic rings. The van der Waals surface area contributed by atoms with E-state index in [2.05, 4.69) is 10.6 Å². The number of nitrogens with one attached hydrogen (secondary N) is 2. The van der Waals surface area contributed by atoms with Crippen molar-refractivity contribution in [1.29, 1.82) is 0 Å². The van der Waals surface area contributed by atoms with Gasteiger partial charge in [-0.2, -0.15) is 0 Å². The van der Waals surface area contributed by atoms with Gasteiger partial charge in [-0.1, -0.05) is 6.07 Å². The Morgan fingerprint density at radius 3 is 1.70 bits per heavy atom. The van der Waals surface area contributed by atoms with Crippen LogP contribution >= 0.6 is 0 Å². The maximum absolute atomic E-state index is 12.5. The summed E-state index contributed by atoms with van der Waals surface area (Å²) >= 11 is 0. The molecule has 0 aliphatic carbocycles. The van der Waals surface area contributed by atoms with Gasteiger partial charge in [0.05, 0.1) is 16.7 Å². The van der Waals surface area contributed by atoms with Crippen molar-refractivity contribution in [3.05, 3.63) is 34.9 Å². The molecule has 0 atom stereocenters. The SMILES string of the molecule is CC(C)(C)NC(=O)c1cccc(C(=O)O)c1C(=O)NC(C)(C)C. The number of hydrogen-bond donors (Lipinski definition) is 3. The third-order valence-corrected chi connectivity index (χ3v) is 2.74. The summed E-state index contributed by atoms with van der Waals surface area (Å²) in [5, 5.41) is 14.8. The van der Waals surface area contributed by atoms with E-state index in [4.69, 9.17) is 0 Å². The Bertz CT molecular complexity index is 637. The van der Waals surface area contributed by atoms with Crippen molar-refractivity contribution in [2.24, 2.45) is 0 Å². The maximum Gasteiger partial charge on any atom is 0.336 e. The molecule has 0 heterocycles. The van der Waals surface area contributed by atoms with Gasteiger partial charge in [-0.25, -0.2) is 4.79 Å². The summed E-state index contributed by atoms with van der Waals surface area (Å²) in [6.45, 7) is 10.8. The first kappa shape index (κ1) is 18.7. The average Bonchev–Trinajstić information content (AvgIpc) is 2.33. The smallest absolute Gasteiger partial charge is 0.336 e. The first-order valence-electron chi connectivity index (χ1n) is 7.33. The van der Waals surface area contributed by atoms with Crippen molar-refractivity contribution < 1.29 is 19.5 Å². The van der Waals surface area contributed by atoms with Gasteiger partial charge in [-0.05, 0) is 53.7 Å². The summed E-state index contributed by atoms with van der Waals surface area (Å²) in [6.07, 6.45) is 0. The van der Waals surface area contributed by atoms with Gasteiger partial charge in [-0.15, -0.1) is 0 Å². The van der Waals surface area contributed by atoms with Crippen LogP contribution in [0.2, 0.25) is 0 Å². The van der Waals surface area contributed by atoms with Crippen LogP contribution in [-0.4, -0.2) is 34.0 Å². The average molecular weight is 320 g/mol. The Morgan fingerprint density at radius 2 is 1.26 bits per heavy atom. The van der Waals surface area contributed by atoms with Crippen LogP contribution in [0.15, 0.2) is 18.2 Å². The van der Waals surface area contributed by atoms with Gasteiger partial charge in [0.15, 0.2) is 0 Å². The van der Waals surface area contributed by atoms with Gasteiger partial charge in [0.25, 0.3) is 11.8 Å². The van der Waals surface area contributed by atoms with Crippen molar-refractivity contribution in [1.82, 2.24) is 10.6 Å². The molecule has 1 aromatic carbocycles. The fourth-order valence-corrected chi connectivity index (χ4v) is 1.98. The largest absolute Gasteiger partial charge is 0.478 e. The van der Waals surface area contributed by atoms with Crippen LogP contribution in [0.4, 0.5) is 0 Å². The van der Waals surface area contributed by atoms with Crippen LogP contribution in [0.1, 0.15) is 72.6 Å². The molecule has 2 amide bonds. The van der Waals surface area contributed by atoms with E-state index in [0.29, 0.717) is 0 Å². The molecule has 0 radical (unpaired) electrons. The second-order valence-electron chi connectivity index (χ2n) is 7.44. The molecule has 0 unspecified atom stereocenters. The van der Waals surface area contributed by atoms with E-state index < -0.39 is 28.9 Å². The highest BCUT2D eigenvalue weighted by atomic mass is 16.4. The number of carboxylic acids is 1. The first-order valence-corrected chi connectivity index (χ1v) is 7.33. The second-order valence-corrected chi connectivity index (χ2v) is 7.44. The molecule has 3 N–H and O–H groups in total. The molecule has 0 bridgehead atoms. The first-order chi connectivity index (χ1) is 10.3. The minimum absolute atomic E-state index is 0.0431. The monoisotopic (exact) mass is 320 g/mol. The van der Waals surface area contributed by atoms with Crippen LogP contribution in [0.3, 0.4) is 0 Å². The third kappa shape index (κ3) is 5.39. The van der Waals surface area contributed by atoms with Gasteiger partial charge in [-0.3, -0.25) is 9.59 Å². The van der Waals surface area contributed by atoms with E-state index in [1.165, 1.54) is 18.2 Å². The van der Waals surface area contributed by atoms with Crippen LogP contribution in [-0.2, 0) is 0 Å². The zero-order valence-corrected chi connectivity index (χ0v) is 14.4. The maximum atomic E-state index is 12.5. The minimum atomic E-state index is -1.26. The van der Waals surface area contributed by atoms with Crippen LogP contribution in [0, 0.1) is 0 Å². The predicted octanol–water partition coefficient (Wildman–Crippen LogP) is 2.44. The van der Waals surface area contributed by atoms with E-state index >= 15 is 0 Å². The molecule has 6 heteroatoms. The number of carboxylic acid groups (broad SMARTS) is 1. The Kier molecular flexibility index (Phi) is 5.20. The lowest BCUT2D eigenvalue weighted by Crippen LogP contribution is -2.44. The second kappa shape index (κ2) is 6.40. The third-order valence-electron chi connectivity index (χ3n) is 2.74. The topological polar surface area (TPSA) is 95.5 Å². The van der Waals surface area contributed by atoms with Crippen molar-refractivity contribution in [2.45, 2.75) is 52.6 Å². The molecular weight excluding hydrogens is 296 g/mol. The fraction of sp³-hybridized carbons (Fsp3) is 0.471. The van der Waals surface area contributed by atoms with Crippen molar-refractivity contribution >= 4 is 17.8 Å². The fourth-order valence-electron chi connectivity index (χ4n) is 1.98. The molecule has 6 nitrogen and oxygen atoms in total. The summed E-state index contributed by atoms with van der Waals surface area (Å²) in [5.41, 5.74) is -1.35. The predicted molar refractivity (Wildman–Crippen MR) is 87.8 cm³/mol. The highest BCUT2D eigenvalue weighted by Crippen LogP contribution is 2.18. The van der Waals surface area contributed by atoms with E-state index in [1.807, 2.05) is 0 Å². The zero-order chi connectivity index (χ0) is 18.0. The van der Waals surface area contributed by atoms with Crippen molar-refractivity contribution in [3.8, 4) is 0 Å². The summed E-state index contributed by atoms with van der Waals surface area (Å²) in [6, 6.07) is 4.22. The van der Waals surface area contributed by atoms with Gasteiger partial charge < -0.3 is 15.7 Å². The van der Waals surface area contributed by atoms with Crippen molar-refractivity contribution in [2.75, 3.05) is 0 Å². The lowest BCUT2D eigenvalue weighted by Gasteiger charge is -2.24. The van der Waals surface area contributed by atoms with Gasteiger partial charge in [0.1, 0.15) is 0 Å². The molecule has 0 aromatic heterocycles. The quantitative estimate of drug-likeness (QED) is 0.797. The summed E-state index contributed by atoms with van der Waals surface area (Å²) in [4.78, 5) is 36.4. The molecule has 0 aliphatic rings. The van der Waals surface area contributed by atoms with E-state index in [-0.39, 0.29) is 16.7 Å². The number of benzene rings is 1. The van der Waals surface area contributed by atoms with Crippen LogP contribution in [0.25, 0.3) is 0 Å². The summed E-state index contributed by atoms with van der Waals surface area (Å²) < 4.78 is 0. The lowest BCUT2D eigenvalue weighted by atomic mass is 9.97. The molecule has 0 aliphatic heterocycles. The van der Waals surface area contributed by atoms with Crippen molar-refractivity contribution in [3.63, 3.8) is 0 Å². The minimum Gasteiger partial charge on any atom is -0.478 e. The van der Waals surface area contributed by atoms with Gasteiger partial charge >= 0.3 is 5.97 Å². The van der Waals surface area contributed by atoms with E-state index in [9.17, 15) is 19.5 Å². The molecule has 23 heavy (non-hydrogen) atoms. The molecule has 0 fully saturated rings. The number of carbonyl (C=O) groups is 3. The Morgan fingerprint density at radius 1 is 0.826 bits per heavy atom. The Balaban J connectivity index is 3.42. The van der Waals surface area contributed by atoms with Crippen LogP contribution in [0.5, 0.6) is 0 Å².